The van der Waals surface area contributed by atoms with Crippen molar-refractivity contribution in [2.75, 3.05) is 32.1 Å². The van der Waals surface area contributed by atoms with Gasteiger partial charge in [0.2, 0.25) is 0 Å². The standard InChI is InChI=1S/C17H28N4O.HI/c1-17(2,21-10-5-4-6-11-21)13-19-16(18)20-14-8-7-9-15(12-14)22-3;/h7-9,12H,4-6,10-11,13H2,1-3H3,(H3,18,19,20);1H. The van der Waals surface area contributed by atoms with Crippen LogP contribution in [0.5, 0.6) is 5.75 Å². The molecule has 2 rings (SSSR count). The number of rotatable bonds is 5. The van der Waals surface area contributed by atoms with E-state index in [-0.39, 0.29) is 29.5 Å². The summed E-state index contributed by atoms with van der Waals surface area (Å²) in [7, 11) is 1.65. The fourth-order valence-corrected chi connectivity index (χ4v) is 2.77. The summed E-state index contributed by atoms with van der Waals surface area (Å²) in [6.07, 6.45) is 3.91. The van der Waals surface area contributed by atoms with E-state index in [0.29, 0.717) is 12.5 Å². The van der Waals surface area contributed by atoms with Gasteiger partial charge in [0.15, 0.2) is 5.96 Å². The maximum atomic E-state index is 6.01. The molecule has 0 atom stereocenters. The van der Waals surface area contributed by atoms with E-state index >= 15 is 0 Å². The van der Waals surface area contributed by atoms with Crippen LogP contribution < -0.4 is 15.8 Å². The zero-order chi connectivity index (χ0) is 16.0. The van der Waals surface area contributed by atoms with Gasteiger partial charge in [-0.25, -0.2) is 0 Å². The van der Waals surface area contributed by atoms with Gasteiger partial charge in [-0.2, -0.15) is 0 Å². The number of nitrogens with two attached hydrogens (primary N) is 1. The number of aliphatic imine (C=N–C) groups is 1. The molecule has 1 fully saturated rings. The van der Waals surface area contributed by atoms with Gasteiger partial charge in [0.25, 0.3) is 0 Å². The van der Waals surface area contributed by atoms with Crippen molar-refractivity contribution in [1.82, 2.24) is 4.90 Å². The zero-order valence-corrected chi connectivity index (χ0v) is 16.7. The second-order valence-electron chi connectivity index (χ2n) is 6.42. The molecule has 1 aliphatic rings. The van der Waals surface area contributed by atoms with Gasteiger partial charge in [-0.3, -0.25) is 9.89 Å². The molecule has 6 heteroatoms. The van der Waals surface area contributed by atoms with E-state index in [1.807, 2.05) is 24.3 Å². The first-order valence-electron chi connectivity index (χ1n) is 7.97. The van der Waals surface area contributed by atoms with Crippen LogP contribution in [0.1, 0.15) is 33.1 Å². The highest BCUT2D eigenvalue weighted by Gasteiger charge is 2.27. The molecule has 0 radical (unpaired) electrons. The summed E-state index contributed by atoms with van der Waals surface area (Å²) in [6.45, 7) is 7.48. The Kier molecular flexibility index (Phi) is 8.11. The number of nitrogens with one attached hydrogen (secondary N) is 1. The van der Waals surface area contributed by atoms with Crippen molar-refractivity contribution in [3.8, 4) is 5.75 Å². The van der Waals surface area contributed by atoms with E-state index in [1.165, 1.54) is 19.3 Å². The Morgan fingerprint density at radius 3 is 2.65 bits per heavy atom. The predicted octanol–water partition coefficient (Wildman–Crippen LogP) is 3.30. The second-order valence-corrected chi connectivity index (χ2v) is 6.42. The Morgan fingerprint density at radius 1 is 1.30 bits per heavy atom. The third-order valence-corrected chi connectivity index (χ3v) is 4.19. The number of guanidine groups is 1. The molecule has 0 unspecified atom stereocenters. The number of ether oxygens (including phenoxy) is 1. The summed E-state index contributed by atoms with van der Waals surface area (Å²) in [5.74, 6) is 1.24. The van der Waals surface area contributed by atoms with Crippen LogP contribution in [0, 0.1) is 0 Å². The number of piperidine rings is 1. The summed E-state index contributed by atoms with van der Waals surface area (Å²) in [5, 5.41) is 3.12. The minimum atomic E-state index is 0. The quantitative estimate of drug-likeness (QED) is 0.426. The van der Waals surface area contributed by atoms with Crippen LogP contribution in [0.4, 0.5) is 5.69 Å². The highest BCUT2D eigenvalue weighted by molar-refractivity contribution is 14.0. The maximum Gasteiger partial charge on any atom is 0.193 e. The minimum Gasteiger partial charge on any atom is -0.497 e. The van der Waals surface area contributed by atoms with Crippen molar-refractivity contribution < 1.29 is 4.74 Å². The number of likely N-dealkylation sites (tertiary alicyclic amines) is 1. The smallest absolute Gasteiger partial charge is 0.193 e. The molecule has 0 spiro atoms. The number of halogens is 1. The first-order chi connectivity index (χ1) is 10.5. The molecule has 130 valence electrons. The van der Waals surface area contributed by atoms with Crippen LogP contribution in [-0.4, -0.2) is 43.1 Å². The van der Waals surface area contributed by atoms with Gasteiger partial charge in [-0.05, 0) is 51.9 Å². The highest BCUT2D eigenvalue weighted by atomic mass is 127. The number of hydrogen-bond acceptors (Lipinski definition) is 3. The fraction of sp³-hybridized carbons (Fsp3) is 0.588. The monoisotopic (exact) mass is 432 g/mol. The molecular weight excluding hydrogens is 403 g/mol. The Bertz CT molecular complexity index is 513. The summed E-state index contributed by atoms with van der Waals surface area (Å²) >= 11 is 0. The number of nitrogens with zero attached hydrogens (tertiary/aromatic N) is 2. The van der Waals surface area contributed by atoms with Gasteiger partial charge < -0.3 is 15.8 Å². The van der Waals surface area contributed by atoms with Crippen molar-refractivity contribution in [3.05, 3.63) is 24.3 Å². The third-order valence-electron chi connectivity index (χ3n) is 4.19. The molecule has 0 saturated carbocycles. The van der Waals surface area contributed by atoms with Crippen molar-refractivity contribution in [2.24, 2.45) is 10.7 Å². The first kappa shape index (κ1) is 20.0. The molecule has 3 N–H and O–H groups in total. The molecule has 1 aromatic rings. The predicted molar refractivity (Wildman–Crippen MR) is 108 cm³/mol. The topological polar surface area (TPSA) is 62.9 Å². The largest absolute Gasteiger partial charge is 0.497 e. The zero-order valence-electron chi connectivity index (χ0n) is 14.3. The van der Waals surface area contributed by atoms with Gasteiger partial charge in [0, 0.05) is 17.3 Å². The molecule has 0 aliphatic carbocycles. The third kappa shape index (κ3) is 6.18. The van der Waals surface area contributed by atoms with Crippen molar-refractivity contribution in [1.29, 1.82) is 0 Å². The van der Waals surface area contributed by atoms with Gasteiger partial charge in [0.1, 0.15) is 5.75 Å². The van der Waals surface area contributed by atoms with Crippen molar-refractivity contribution in [2.45, 2.75) is 38.6 Å². The lowest BCUT2D eigenvalue weighted by Crippen LogP contribution is -2.49. The number of benzene rings is 1. The molecular formula is C17H29IN4O. The maximum absolute atomic E-state index is 6.01. The molecule has 1 aromatic carbocycles. The number of hydrogen-bond donors (Lipinski definition) is 2. The highest BCUT2D eigenvalue weighted by Crippen LogP contribution is 2.21. The molecule has 23 heavy (non-hydrogen) atoms. The Labute approximate surface area is 156 Å². The molecule has 1 aliphatic heterocycles. The summed E-state index contributed by atoms with van der Waals surface area (Å²) in [5.41, 5.74) is 6.94. The molecule has 1 saturated heterocycles. The van der Waals surface area contributed by atoms with E-state index in [4.69, 9.17) is 10.5 Å². The van der Waals surface area contributed by atoms with E-state index in [0.717, 1.165) is 24.5 Å². The van der Waals surface area contributed by atoms with Crippen LogP contribution in [0.2, 0.25) is 0 Å². The summed E-state index contributed by atoms with van der Waals surface area (Å²) in [6, 6.07) is 7.67. The van der Waals surface area contributed by atoms with Crippen LogP contribution >= 0.6 is 24.0 Å². The van der Waals surface area contributed by atoms with Crippen LogP contribution in [0.15, 0.2) is 29.3 Å². The normalized spacial score (nSPS) is 16.6. The minimum absolute atomic E-state index is 0. The van der Waals surface area contributed by atoms with E-state index < -0.39 is 0 Å². The lowest BCUT2D eigenvalue weighted by atomic mass is 9.99. The molecule has 0 aromatic heterocycles. The molecule has 5 nitrogen and oxygen atoms in total. The average molecular weight is 432 g/mol. The average Bonchev–Trinajstić information content (AvgIpc) is 2.54. The summed E-state index contributed by atoms with van der Waals surface area (Å²) in [4.78, 5) is 7.04. The SMILES string of the molecule is COc1cccc(NC(N)=NCC(C)(C)N2CCCCC2)c1.I. The number of anilines is 1. The van der Waals surface area contributed by atoms with Crippen molar-refractivity contribution in [3.63, 3.8) is 0 Å². The Hall–Kier alpha value is -1.02. The van der Waals surface area contributed by atoms with Gasteiger partial charge in [0.05, 0.1) is 13.7 Å². The van der Waals surface area contributed by atoms with Crippen molar-refractivity contribution >= 4 is 35.6 Å². The molecule has 0 bridgehead atoms. The van der Waals surface area contributed by atoms with Crippen LogP contribution in [0.25, 0.3) is 0 Å². The lowest BCUT2D eigenvalue weighted by molar-refractivity contribution is 0.102. The van der Waals surface area contributed by atoms with Crippen LogP contribution in [-0.2, 0) is 0 Å². The van der Waals surface area contributed by atoms with Crippen LogP contribution in [0.3, 0.4) is 0 Å². The summed E-state index contributed by atoms with van der Waals surface area (Å²) < 4.78 is 5.20. The van der Waals surface area contributed by atoms with E-state index in [2.05, 4.69) is 29.1 Å². The Morgan fingerprint density at radius 2 is 2.00 bits per heavy atom. The van der Waals surface area contributed by atoms with Gasteiger partial charge >= 0.3 is 0 Å². The second kappa shape index (κ2) is 9.32. The molecule has 1 heterocycles. The number of methoxy groups -OCH3 is 1. The first-order valence-corrected chi connectivity index (χ1v) is 7.97. The van der Waals surface area contributed by atoms with Gasteiger partial charge in [-0.15, -0.1) is 24.0 Å². The Balaban J connectivity index is 0.00000264. The fourth-order valence-electron chi connectivity index (χ4n) is 2.77. The van der Waals surface area contributed by atoms with E-state index in [9.17, 15) is 0 Å². The molecule has 0 amide bonds. The van der Waals surface area contributed by atoms with Gasteiger partial charge in [-0.1, -0.05) is 12.5 Å². The van der Waals surface area contributed by atoms with E-state index in [1.54, 1.807) is 7.11 Å². The lowest BCUT2D eigenvalue weighted by Gasteiger charge is -2.40.